The predicted octanol–water partition coefficient (Wildman–Crippen LogP) is 4.16. The zero-order valence-electron chi connectivity index (χ0n) is 15.8. The van der Waals surface area contributed by atoms with Crippen molar-refractivity contribution in [2.24, 2.45) is 0 Å². The van der Waals surface area contributed by atoms with Crippen molar-refractivity contribution in [3.8, 4) is 0 Å². The van der Waals surface area contributed by atoms with Gasteiger partial charge in [-0.25, -0.2) is 0 Å². The van der Waals surface area contributed by atoms with Gasteiger partial charge in [-0.1, -0.05) is 51.8 Å². The number of Topliss-reactive ketones (excluding diaryl/α,β-unsaturated/α-hetero) is 1. The molecule has 0 aliphatic carbocycles. The van der Waals surface area contributed by atoms with Crippen LogP contribution in [0.15, 0.2) is 71.3 Å². The van der Waals surface area contributed by atoms with E-state index in [0.717, 1.165) is 15.6 Å². The van der Waals surface area contributed by atoms with Gasteiger partial charge in [-0.15, -0.1) is 0 Å². The number of rotatable bonds is 5. The maximum atomic E-state index is 13.3. The van der Waals surface area contributed by atoms with Crippen molar-refractivity contribution in [2.45, 2.75) is 25.5 Å². The van der Waals surface area contributed by atoms with Crippen LogP contribution in [0.3, 0.4) is 0 Å². The van der Waals surface area contributed by atoms with Crippen LogP contribution in [0.5, 0.6) is 0 Å². The molecule has 29 heavy (non-hydrogen) atoms. The molecule has 0 radical (unpaired) electrons. The Balaban J connectivity index is 1.71. The number of carbonyl (C=O) groups is 2. The van der Waals surface area contributed by atoms with Gasteiger partial charge >= 0.3 is 0 Å². The minimum atomic E-state index is -1.93. The summed E-state index contributed by atoms with van der Waals surface area (Å²) < 4.78 is 0.727. The quantitative estimate of drug-likeness (QED) is 0.592. The van der Waals surface area contributed by atoms with Gasteiger partial charge in [-0.05, 0) is 42.8 Å². The van der Waals surface area contributed by atoms with E-state index in [1.54, 1.807) is 30.3 Å². The van der Waals surface area contributed by atoms with Crippen molar-refractivity contribution in [2.75, 3.05) is 4.90 Å². The van der Waals surface area contributed by atoms with Gasteiger partial charge in [0.15, 0.2) is 11.4 Å². The van der Waals surface area contributed by atoms with E-state index < -0.39 is 11.5 Å². The summed E-state index contributed by atoms with van der Waals surface area (Å²) in [5.41, 5.74) is 1.39. The summed E-state index contributed by atoms with van der Waals surface area (Å²) in [5, 5.41) is 11.4. The number of aryl methyl sites for hydroxylation is 1. The molecule has 0 saturated heterocycles. The molecule has 2 heterocycles. The number of fused-ring (bicyclic) bond motifs is 1. The molecule has 3 aromatic rings. The summed E-state index contributed by atoms with van der Waals surface area (Å²) in [5.74, 6) is -0.889. The van der Waals surface area contributed by atoms with Crippen molar-refractivity contribution >= 4 is 33.3 Å². The molecule has 1 atom stereocenters. The zero-order chi connectivity index (χ0) is 20.6. The van der Waals surface area contributed by atoms with Crippen molar-refractivity contribution < 1.29 is 14.7 Å². The van der Waals surface area contributed by atoms with Crippen LogP contribution in [0, 0.1) is 6.92 Å². The Morgan fingerprint density at radius 1 is 1.14 bits per heavy atom. The lowest BCUT2D eigenvalue weighted by Crippen LogP contribution is -2.41. The summed E-state index contributed by atoms with van der Waals surface area (Å²) in [6.07, 6.45) is 1.15. The highest BCUT2D eigenvalue weighted by molar-refractivity contribution is 9.10. The largest absolute Gasteiger partial charge is 0.375 e. The third-order valence-corrected chi connectivity index (χ3v) is 5.62. The number of ketones is 1. The van der Waals surface area contributed by atoms with E-state index in [-0.39, 0.29) is 17.9 Å². The number of hydrogen-bond acceptors (Lipinski definition) is 4. The van der Waals surface area contributed by atoms with E-state index in [4.69, 9.17) is 0 Å². The Bertz CT molecular complexity index is 1080. The van der Waals surface area contributed by atoms with Crippen LogP contribution in [0.1, 0.15) is 33.6 Å². The van der Waals surface area contributed by atoms with Crippen LogP contribution in [0.25, 0.3) is 0 Å². The second kappa shape index (κ2) is 7.54. The number of amides is 1. The van der Waals surface area contributed by atoms with Crippen LogP contribution in [-0.2, 0) is 16.9 Å². The van der Waals surface area contributed by atoms with Crippen LogP contribution >= 0.6 is 15.9 Å². The molecule has 1 N–H and O–H groups in total. The maximum absolute atomic E-state index is 13.3. The van der Waals surface area contributed by atoms with E-state index in [2.05, 4.69) is 20.9 Å². The SMILES string of the molecule is Cc1ccc(CN2C(=O)[C@@](O)(CC(=O)c3ccccn3)c3cc(Br)ccc32)cc1. The van der Waals surface area contributed by atoms with Crippen molar-refractivity contribution in [3.63, 3.8) is 0 Å². The van der Waals surface area contributed by atoms with E-state index in [0.29, 0.717) is 17.8 Å². The molecule has 0 spiro atoms. The molecule has 0 saturated carbocycles. The molecule has 146 valence electrons. The summed E-state index contributed by atoms with van der Waals surface area (Å²) in [6.45, 7) is 2.31. The Morgan fingerprint density at radius 3 is 2.59 bits per heavy atom. The van der Waals surface area contributed by atoms with E-state index >= 15 is 0 Å². The molecule has 0 bridgehead atoms. The predicted molar refractivity (Wildman–Crippen MR) is 114 cm³/mol. The molecule has 2 aromatic carbocycles. The van der Waals surface area contributed by atoms with E-state index in [1.165, 1.54) is 11.1 Å². The van der Waals surface area contributed by atoms with Gasteiger partial charge in [0.1, 0.15) is 5.69 Å². The molecule has 0 unspecified atom stereocenters. The molecule has 0 fully saturated rings. The fraction of sp³-hybridized carbons (Fsp3) is 0.174. The highest BCUT2D eigenvalue weighted by atomic mass is 79.9. The first-order chi connectivity index (χ1) is 13.9. The fourth-order valence-electron chi connectivity index (χ4n) is 3.58. The molecule has 5 nitrogen and oxygen atoms in total. The van der Waals surface area contributed by atoms with Crippen LogP contribution in [0.4, 0.5) is 5.69 Å². The molecular formula is C23H19BrN2O3. The molecule has 1 aromatic heterocycles. The summed E-state index contributed by atoms with van der Waals surface area (Å²) in [7, 11) is 0. The average Bonchev–Trinajstić information content (AvgIpc) is 2.92. The molecule has 1 aliphatic rings. The number of carbonyl (C=O) groups excluding carboxylic acids is 2. The van der Waals surface area contributed by atoms with Crippen LogP contribution in [-0.4, -0.2) is 21.8 Å². The van der Waals surface area contributed by atoms with Gasteiger partial charge in [0, 0.05) is 16.2 Å². The Morgan fingerprint density at radius 2 is 1.90 bits per heavy atom. The lowest BCUT2D eigenvalue weighted by molar-refractivity contribution is -0.136. The Kier molecular flexibility index (Phi) is 5.06. The minimum absolute atomic E-state index is 0.224. The maximum Gasteiger partial charge on any atom is 0.264 e. The molecule has 6 heteroatoms. The topological polar surface area (TPSA) is 70.5 Å². The van der Waals surface area contributed by atoms with Gasteiger partial charge in [-0.3, -0.25) is 14.6 Å². The number of hydrogen-bond donors (Lipinski definition) is 1. The number of aromatic nitrogens is 1. The van der Waals surface area contributed by atoms with Crippen LogP contribution in [0.2, 0.25) is 0 Å². The summed E-state index contributed by atoms with van der Waals surface area (Å²) in [6, 6.07) is 18.2. The first-order valence-electron chi connectivity index (χ1n) is 9.22. The molecule has 4 rings (SSSR count). The average molecular weight is 451 g/mol. The van der Waals surface area contributed by atoms with Crippen LogP contribution < -0.4 is 4.90 Å². The summed E-state index contributed by atoms with van der Waals surface area (Å²) >= 11 is 3.40. The normalized spacial score (nSPS) is 18.0. The Labute approximate surface area is 177 Å². The van der Waals surface area contributed by atoms with Gasteiger partial charge in [0.25, 0.3) is 5.91 Å². The third-order valence-electron chi connectivity index (χ3n) is 5.12. The standard InChI is InChI=1S/C23H19BrN2O3/c1-15-5-7-16(8-6-15)14-26-20-10-9-17(24)12-18(20)23(29,22(26)28)13-21(27)19-4-2-3-11-25-19/h2-12,29H,13-14H2,1H3/t23-/m1/s1. The highest BCUT2D eigenvalue weighted by Gasteiger charge is 2.51. The van der Waals surface area contributed by atoms with Crippen molar-refractivity contribution in [1.82, 2.24) is 4.98 Å². The lowest BCUT2D eigenvalue weighted by Gasteiger charge is -2.22. The third kappa shape index (κ3) is 3.61. The van der Waals surface area contributed by atoms with Gasteiger partial charge < -0.3 is 10.0 Å². The number of aliphatic hydroxyl groups is 1. The molecule has 1 amide bonds. The van der Waals surface area contributed by atoms with E-state index in [9.17, 15) is 14.7 Å². The number of pyridine rings is 1. The zero-order valence-corrected chi connectivity index (χ0v) is 17.4. The first-order valence-corrected chi connectivity index (χ1v) is 10.0. The number of benzene rings is 2. The summed E-state index contributed by atoms with van der Waals surface area (Å²) in [4.78, 5) is 31.7. The van der Waals surface area contributed by atoms with Gasteiger partial charge in [0.05, 0.1) is 18.7 Å². The van der Waals surface area contributed by atoms with Gasteiger partial charge in [0.2, 0.25) is 0 Å². The second-order valence-corrected chi connectivity index (χ2v) is 8.13. The first kappa shape index (κ1) is 19.5. The number of halogens is 1. The Hall–Kier alpha value is -2.83. The molecular weight excluding hydrogens is 432 g/mol. The van der Waals surface area contributed by atoms with E-state index in [1.807, 2.05) is 37.3 Å². The monoisotopic (exact) mass is 450 g/mol. The van der Waals surface area contributed by atoms with Gasteiger partial charge in [-0.2, -0.15) is 0 Å². The van der Waals surface area contributed by atoms with Crippen molar-refractivity contribution in [1.29, 1.82) is 0 Å². The number of nitrogens with zero attached hydrogens (tertiary/aromatic N) is 2. The molecule has 1 aliphatic heterocycles. The smallest absolute Gasteiger partial charge is 0.264 e. The number of anilines is 1. The second-order valence-electron chi connectivity index (χ2n) is 7.21. The lowest BCUT2D eigenvalue weighted by atomic mass is 9.89. The highest BCUT2D eigenvalue weighted by Crippen LogP contribution is 2.44. The minimum Gasteiger partial charge on any atom is -0.375 e. The fourth-order valence-corrected chi connectivity index (χ4v) is 3.94. The van der Waals surface area contributed by atoms with Crippen molar-refractivity contribution in [3.05, 3.63) is 93.7 Å².